The minimum Gasteiger partial charge on any atom is -0.380 e. The first kappa shape index (κ1) is 11.6. The highest BCUT2D eigenvalue weighted by Gasteiger charge is 2.07. The minimum absolute atomic E-state index is 0.453. The number of carbonyl (C=O) groups is 1. The average Bonchev–Trinajstić information content (AvgIpc) is 2.25. The zero-order chi connectivity index (χ0) is 11.1. The fourth-order valence-electron chi connectivity index (χ4n) is 1.22. The molecule has 0 unspecified atom stereocenters. The van der Waals surface area contributed by atoms with Crippen LogP contribution < -0.4 is 11.5 Å². The fourth-order valence-corrected chi connectivity index (χ4v) is 1.22. The normalized spacial score (nSPS) is 10.2. The number of primary amides is 1. The van der Waals surface area contributed by atoms with Crippen molar-refractivity contribution in [1.82, 2.24) is 4.98 Å². The lowest BCUT2D eigenvalue weighted by atomic mass is 10.1. The van der Waals surface area contributed by atoms with E-state index in [2.05, 4.69) is 4.98 Å². The Morgan fingerprint density at radius 2 is 2.27 bits per heavy atom. The first-order valence-electron chi connectivity index (χ1n) is 4.77. The van der Waals surface area contributed by atoms with Crippen molar-refractivity contribution in [3.63, 3.8) is 0 Å². The van der Waals surface area contributed by atoms with Crippen molar-refractivity contribution in [1.29, 1.82) is 0 Å². The van der Waals surface area contributed by atoms with Crippen LogP contribution in [0.2, 0.25) is 0 Å². The van der Waals surface area contributed by atoms with Crippen LogP contribution in [-0.2, 0) is 11.2 Å². The maximum atomic E-state index is 11.0. The number of ether oxygens (including phenoxy) is 1. The average molecular weight is 209 g/mol. The molecule has 1 amide bonds. The van der Waals surface area contributed by atoms with Crippen molar-refractivity contribution < 1.29 is 9.53 Å². The number of aromatic nitrogens is 1. The number of nitrogens with zero attached hydrogens (tertiary/aromatic N) is 1. The SMILES string of the molecule is NCCOCCc1ncccc1C(N)=O. The van der Waals surface area contributed by atoms with Crippen LogP contribution in [0.4, 0.5) is 0 Å². The second-order valence-corrected chi connectivity index (χ2v) is 3.01. The molecule has 5 nitrogen and oxygen atoms in total. The van der Waals surface area contributed by atoms with Crippen molar-refractivity contribution >= 4 is 5.91 Å². The van der Waals surface area contributed by atoms with Crippen LogP contribution in [0.25, 0.3) is 0 Å². The number of hydrogen-bond acceptors (Lipinski definition) is 4. The molecular formula is C10H15N3O2. The van der Waals surface area contributed by atoms with Crippen molar-refractivity contribution in [3.8, 4) is 0 Å². The van der Waals surface area contributed by atoms with Gasteiger partial charge >= 0.3 is 0 Å². The minimum atomic E-state index is -0.461. The van der Waals surface area contributed by atoms with Crippen molar-refractivity contribution in [2.24, 2.45) is 11.5 Å². The molecular weight excluding hydrogens is 194 g/mol. The standard InChI is InChI=1S/C10H15N3O2/c11-4-7-15-6-3-9-8(10(12)14)2-1-5-13-9/h1-2,5H,3-4,6-7,11H2,(H2,12,14). The van der Waals surface area contributed by atoms with Gasteiger partial charge in [-0.05, 0) is 12.1 Å². The van der Waals surface area contributed by atoms with Gasteiger partial charge in [-0.1, -0.05) is 0 Å². The maximum Gasteiger partial charge on any atom is 0.250 e. The van der Waals surface area contributed by atoms with E-state index in [4.69, 9.17) is 16.2 Å². The van der Waals surface area contributed by atoms with Gasteiger partial charge in [0.1, 0.15) is 0 Å². The number of amides is 1. The Kier molecular flexibility index (Phi) is 4.73. The van der Waals surface area contributed by atoms with Crippen LogP contribution in [0.1, 0.15) is 16.1 Å². The van der Waals surface area contributed by atoms with E-state index in [9.17, 15) is 4.79 Å². The largest absolute Gasteiger partial charge is 0.380 e. The number of hydrogen-bond donors (Lipinski definition) is 2. The van der Waals surface area contributed by atoms with E-state index < -0.39 is 5.91 Å². The van der Waals surface area contributed by atoms with E-state index in [0.29, 0.717) is 37.4 Å². The molecule has 5 heteroatoms. The first-order valence-corrected chi connectivity index (χ1v) is 4.77. The van der Waals surface area contributed by atoms with Gasteiger partial charge in [0.25, 0.3) is 5.91 Å². The molecule has 0 fully saturated rings. The van der Waals surface area contributed by atoms with E-state index in [-0.39, 0.29) is 0 Å². The van der Waals surface area contributed by atoms with E-state index in [1.165, 1.54) is 0 Å². The summed E-state index contributed by atoms with van der Waals surface area (Å²) in [7, 11) is 0. The van der Waals surface area contributed by atoms with Crippen molar-refractivity contribution in [2.45, 2.75) is 6.42 Å². The summed E-state index contributed by atoms with van der Waals surface area (Å²) in [4.78, 5) is 15.1. The molecule has 1 aromatic rings. The lowest BCUT2D eigenvalue weighted by Gasteiger charge is -2.05. The highest BCUT2D eigenvalue weighted by Crippen LogP contribution is 2.05. The quantitative estimate of drug-likeness (QED) is 0.629. The van der Waals surface area contributed by atoms with Crippen LogP contribution in [0.15, 0.2) is 18.3 Å². The van der Waals surface area contributed by atoms with Crippen molar-refractivity contribution in [3.05, 3.63) is 29.6 Å². The van der Waals surface area contributed by atoms with Crippen LogP contribution >= 0.6 is 0 Å². The smallest absolute Gasteiger partial charge is 0.250 e. The highest BCUT2D eigenvalue weighted by molar-refractivity contribution is 5.93. The molecule has 1 heterocycles. The maximum absolute atomic E-state index is 11.0. The molecule has 15 heavy (non-hydrogen) atoms. The molecule has 82 valence electrons. The van der Waals surface area contributed by atoms with Crippen LogP contribution in [0.3, 0.4) is 0 Å². The molecule has 1 aromatic heterocycles. The zero-order valence-corrected chi connectivity index (χ0v) is 8.48. The predicted molar refractivity (Wildman–Crippen MR) is 56.3 cm³/mol. The third-order valence-electron chi connectivity index (χ3n) is 1.90. The number of nitrogens with two attached hydrogens (primary N) is 2. The summed E-state index contributed by atoms with van der Waals surface area (Å²) >= 11 is 0. The summed E-state index contributed by atoms with van der Waals surface area (Å²) < 4.78 is 5.20. The Morgan fingerprint density at radius 1 is 1.47 bits per heavy atom. The molecule has 1 rings (SSSR count). The summed E-state index contributed by atoms with van der Waals surface area (Å²) in [6.07, 6.45) is 2.20. The predicted octanol–water partition coefficient (Wildman–Crippen LogP) is -0.302. The topological polar surface area (TPSA) is 91.2 Å². The second-order valence-electron chi connectivity index (χ2n) is 3.01. The van der Waals surface area contributed by atoms with Gasteiger partial charge in [-0.2, -0.15) is 0 Å². The first-order chi connectivity index (χ1) is 7.25. The van der Waals surface area contributed by atoms with E-state index in [1.807, 2.05) is 0 Å². The molecule has 0 bridgehead atoms. The number of pyridine rings is 1. The lowest BCUT2D eigenvalue weighted by Crippen LogP contribution is -2.16. The Bertz CT molecular complexity index is 328. The molecule has 0 saturated heterocycles. The summed E-state index contributed by atoms with van der Waals surface area (Å²) in [5, 5.41) is 0. The summed E-state index contributed by atoms with van der Waals surface area (Å²) in [5.74, 6) is -0.461. The van der Waals surface area contributed by atoms with Gasteiger partial charge in [0.05, 0.1) is 24.5 Å². The molecule has 0 radical (unpaired) electrons. The van der Waals surface area contributed by atoms with E-state index >= 15 is 0 Å². The molecule has 0 saturated carbocycles. The fraction of sp³-hybridized carbons (Fsp3) is 0.400. The van der Waals surface area contributed by atoms with E-state index in [0.717, 1.165) is 0 Å². The Morgan fingerprint density at radius 3 is 2.93 bits per heavy atom. The third-order valence-corrected chi connectivity index (χ3v) is 1.90. The van der Waals surface area contributed by atoms with Gasteiger partial charge in [0, 0.05) is 19.2 Å². The molecule has 0 aliphatic heterocycles. The second kappa shape index (κ2) is 6.10. The van der Waals surface area contributed by atoms with Gasteiger partial charge in [-0.3, -0.25) is 9.78 Å². The molecule has 0 atom stereocenters. The molecule has 0 spiro atoms. The van der Waals surface area contributed by atoms with Crippen LogP contribution in [-0.4, -0.2) is 30.6 Å². The van der Waals surface area contributed by atoms with Gasteiger partial charge in [0.15, 0.2) is 0 Å². The lowest BCUT2D eigenvalue weighted by molar-refractivity contribution is 0.0997. The Balaban J connectivity index is 2.56. The van der Waals surface area contributed by atoms with Crippen LogP contribution in [0.5, 0.6) is 0 Å². The highest BCUT2D eigenvalue weighted by atomic mass is 16.5. The third kappa shape index (κ3) is 3.65. The molecule has 4 N–H and O–H groups in total. The van der Waals surface area contributed by atoms with Crippen molar-refractivity contribution in [2.75, 3.05) is 19.8 Å². The Hall–Kier alpha value is -1.46. The number of rotatable bonds is 6. The molecule has 0 aliphatic carbocycles. The van der Waals surface area contributed by atoms with E-state index in [1.54, 1.807) is 18.3 Å². The van der Waals surface area contributed by atoms with Gasteiger partial charge < -0.3 is 16.2 Å². The monoisotopic (exact) mass is 209 g/mol. The number of carbonyl (C=O) groups excluding carboxylic acids is 1. The molecule has 0 aromatic carbocycles. The Labute approximate surface area is 88.4 Å². The van der Waals surface area contributed by atoms with Gasteiger partial charge in [0.2, 0.25) is 0 Å². The molecule has 0 aliphatic rings. The summed E-state index contributed by atoms with van der Waals surface area (Å²) in [6, 6.07) is 3.35. The van der Waals surface area contributed by atoms with Gasteiger partial charge in [-0.25, -0.2) is 0 Å². The van der Waals surface area contributed by atoms with Crippen LogP contribution in [0, 0.1) is 0 Å². The zero-order valence-electron chi connectivity index (χ0n) is 8.48. The summed E-state index contributed by atoms with van der Waals surface area (Å²) in [5.41, 5.74) is 11.6. The van der Waals surface area contributed by atoms with Gasteiger partial charge in [-0.15, -0.1) is 0 Å². The summed E-state index contributed by atoms with van der Waals surface area (Å²) in [6.45, 7) is 1.50.